The fourth-order valence-electron chi connectivity index (χ4n) is 2.20. The van der Waals surface area contributed by atoms with Crippen LogP contribution in [0.3, 0.4) is 0 Å². The van der Waals surface area contributed by atoms with E-state index >= 15 is 0 Å². The summed E-state index contributed by atoms with van der Waals surface area (Å²) in [6, 6.07) is 4.20. The molecule has 0 saturated carbocycles. The van der Waals surface area contributed by atoms with Crippen LogP contribution in [-0.4, -0.2) is 24.7 Å². The van der Waals surface area contributed by atoms with Crippen LogP contribution in [0.15, 0.2) is 18.3 Å². The third-order valence-corrected chi connectivity index (χ3v) is 3.34. The zero-order valence-corrected chi connectivity index (χ0v) is 10.9. The first kappa shape index (κ1) is 12.8. The fourth-order valence-corrected chi connectivity index (χ4v) is 2.31. The molecule has 1 N–H and O–H groups in total. The molecule has 2 atom stereocenters. The second-order valence-electron chi connectivity index (χ2n) is 4.46. The van der Waals surface area contributed by atoms with E-state index in [-0.39, 0.29) is 6.04 Å². The van der Waals surface area contributed by atoms with Crippen molar-refractivity contribution >= 4 is 11.6 Å². The lowest BCUT2D eigenvalue weighted by Gasteiger charge is -2.23. The van der Waals surface area contributed by atoms with Crippen molar-refractivity contribution in [3.8, 4) is 0 Å². The maximum absolute atomic E-state index is 5.87. The molecule has 0 bridgehead atoms. The first-order valence-corrected chi connectivity index (χ1v) is 6.61. The predicted molar refractivity (Wildman–Crippen MR) is 69.2 cm³/mol. The Morgan fingerprint density at radius 1 is 1.59 bits per heavy atom. The standard InChI is InChI=1S/C13H19ClN2O/c1-2-6-15-13(10-5-7-17-9-10)12-4-3-11(14)8-16-12/h3-4,8,10,13,15H,2,5-7,9H2,1H3. The van der Waals surface area contributed by atoms with Crippen LogP contribution in [0.2, 0.25) is 5.02 Å². The molecule has 2 unspecified atom stereocenters. The molecule has 0 radical (unpaired) electrons. The third kappa shape index (κ3) is 3.41. The van der Waals surface area contributed by atoms with Crippen LogP contribution in [0.1, 0.15) is 31.5 Å². The molecule has 1 aromatic heterocycles. The number of rotatable bonds is 5. The molecular weight excluding hydrogens is 236 g/mol. The van der Waals surface area contributed by atoms with Crippen molar-refractivity contribution in [3.63, 3.8) is 0 Å². The Kier molecular flexibility index (Phi) is 4.77. The van der Waals surface area contributed by atoms with E-state index in [0.717, 1.165) is 38.3 Å². The zero-order valence-electron chi connectivity index (χ0n) is 10.2. The van der Waals surface area contributed by atoms with Crippen LogP contribution in [0.5, 0.6) is 0 Å². The fraction of sp³-hybridized carbons (Fsp3) is 0.615. The summed E-state index contributed by atoms with van der Waals surface area (Å²) >= 11 is 5.87. The summed E-state index contributed by atoms with van der Waals surface area (Å²) in [7, 11) is 0. The van der Waals surface area contributed by atoms with Gasteiger partial charge in [0.15, 0.2) is 0 Å². The van der Waals surface area contributed by atoms with Crippen LogP contribution >= 0.6 is 11.6 Å². The Morgan fingerprint density at radius 3 is 3.06 bits per heavy atom. The molecule has 2 rings (SSSR count). The number of ether oxygens (including phenoxy) is 1. The molecule has 0 spiro atoms. The quantitative estimate of drug-likeness (QED) is 0.878. The van der Waals surface area contributed by atoms with E-state index in [9.17, 15) is 0 Å². The first-order valence-electron chi connectivity index (χ1n) is 6.24. The number of nitrogens with zero attached hydrogens (tertiary/aromatic N) is 1. The molecule has 1 aliphatic heterocycles. The molecular formula is C13H19ClN2O. The number of nitrogens with one attached hydrogen (secondary N) is 1. The van der Waals surface area contributed by atoms with Gasteiger partial charge in [-0.3, -0.25) is 4.98 Å². The molecule has 1 saturated heterocycles. The Bertz CT molecular complexity index is 336. The SMILES string of the molecule is CCCNC(c1ccc(Cl)cn1)C1CCOC1. The van der Waals surface area contributed by atoms with Crippen molar-refractivity contribution in [2.45, 2.75) is 25.8 Å². The van der Waals surface area contributed by atoms with E-state index in [1.807, 2.05) is 12.1 Å². The van der Waals surface area contributed by atoms with E-state index in [0.29, 0.717) is 10.9 Å². The van der Waals surface area contributed by atoms with Crippen molar-refractivity contribution in [2.24, 2.45) is 5.92 Å². The van der Waals surface area contributed by atoms with Crippen LogP contribution in [0.4, 0.5) is 0 Å². The first-order chi connectivity index (χ1) is 8.31. The summed E-state index contributed by atoms with van der Waals surface area (Å²) in [5, 5.41) is 4.25. The maximum atomic E-state index is 5.87. The Labute approximate surface area is 108 Å². The highest BCUT2D eigenvalue weighted by atomic mass is 35.5. The molecule has 2 heterocycles. The zero-order chi connectivity index (χ0) is 12.1. The normalized spacial score (nSPS) is 21.6. The van der Waals surface area contributed by atoms with E-state index in [1.165, 1.54) is 0 Å². The third-order valence-electron chi connectivity index (χ3n) is 3.12. The van der Waals surface area contributed by atoms with Crippen molar-refractivity contribution in [1.29, 1.82) is 0 Å². The average Bonchev–Trinajstić information content (AvgIpc) is 2.85. The highest BCUT2D eigenvalue weighted by Crippen LogP contribution is 2.28. The van der Waals surface area contributed by atoms with E-state index < -0.39 is 0 Å². The van der Waals surface area contributed by atoms with Gasteiger partial charge in [0.05, 0.1) is 23.4 Å². The van der Waals surface area contributed by atoms with Crippen molar-refractivity contribution in [3.05, 3.63) is 29.0 Å². The minimum Gasteiger partial charge on any atom is -0.381 e. The van der Waals surface area contributed by atoms with Gasteiger partial charge < -0.3 is 10.1 Å². The minimum atomic E-state index is 0.287. The second-order valence-corrected chi connectivity index (χ2v) is 4.89. The van der Waals surface area contributed by atoms with Gasteiger partial charge in [0.1, 0.15) is 0 Å². The van der Waals surface area contributed by atoms with Gasteiger partial charge in [0.2, 0.25) is 0 Å². The van der Waals surface area contributed by atoms with Gasteiger partial charge in [-0.25, -0.2) is 0 Å². The number of halogens is 1. The number of hydrogen-bond acceptors (Lipinski definition) is 3. The topological polar surface area (TPSA) is 34.2 Å². The van der Waals surface area contributed by atoms with Crippen molar-refractivity contribution < 1.29 is 4.74 Å². The van der Waals surface area contributed by atoms with Crippen molar-refractivity contribution in [2.75, 3.05) is 19.8 Å². The van der Waals surface area contributed by atoms with Crippen LogP contribution < -0.4 is 5.32 Å². The van der Waals surface area contributed by atoms with Crippen LogP contribution in [-0.2, 0) is 4.74 Å². The second kappa shape index (κ2) is 6.34. The van der Waals surface area contributed by atoms with Gasteiger partial charge in [-0.05, 0) is 31.5 Å². The van der Waals surface area contributed by atoms with Gasteiger partial charge in [-0.2, -0.15) is 0 Å². The molecule has 0 amide bonds. The number of pyridine rings is 1. The summed E-state index contributed by atoms with van der Waals surface area (Å²) in [4.78, 5) is 4.43. The molecule has 1 fully saturated rings. The monoisotopic (exact) mass is 254 g/mol. The lowest BCUT2D eigenvalue weighted by atomic mass is 9.95. The van der Waals surface area contributed by atoms with Gasteiger partial charge in [0, 0.05) is 18.7 Å². The van der Waals surface area contributed by atoms with Gasteiger partial charge in [-0.1, -0.05) is 18.5 Å². The number of hydrogen-bond donors (Lipinski definition) is 1. The largest absolute Gasteiger partial charge is 0.381 e. The molecule has 3 nitrogen and oxygen atoms in total. The van der Waals surface area contributed by atoms with E-state index in [1.54, 1.807) is 6.20 Å². The Hall–Kier alpha value is -0.640. The summed E-state index contributed by atoms with van der Waals surface area (Å²) in [6.45, 7) is 4.87. The highest BCUT2D eigenvalue weighted by molar-refractivity contribution is 6.30. The smallest absolute Gasteiger partial charge is 0.0589 e. The van der Waals surface area contributed by atoms with Gasteiger partial charge in [0.25, 0.3) is 0 Å². The van der Waals surface area contributed by atoms with Crippen molar-refractivity contribution in [1.82, 2.24) is 10.3 Å². The van der Waals surface area contributed by atoms with Gasteiger partial charge >= 0.3 is 0 Å². The summed E-state index contributed by atoms with van der Waals surface area (Å²) < 4.78 is 5.47. The lowest BCUT2D eigenvalue weighted by molar-refractivity contribution is 0.176. The Morgan fingerprint density at radius 2 is 2.47 bits per heavy atom. The molecule has 94 valence electrons. The molecule has 0 aromatic carbocycles. The molecule has 0 aliphatic carbocycles. The average molecular weight is 255 g/mol. The molecule has 1 aromatic rings. The summed E-state index contributed by atoms with van der Waals surface area (Å²) in [5.74, 6) is 0.523. The molecule has 4 heteroatoms. The molecule has 1 aliphatic rings. The maximum Gasteiger partial charge on any atom is 0.0589 e. The Balaban J connectivity index is 2.10. The van der Waals surface area contributed by atoms with E-state index in [2.05, 4.69) is 17.2 Å². The number of aromatic nitrogens is 1. The lowest BCUT2D eigenvalue weighted by Crippen LogP contribution is -2.30. The predicted octanol–water partition coefficient (Wildman–Crippen LogP) is 2.81. The highest BCUT2D eigenvalue weighted by Gasteiger charge is 2.27. The summed E-state index contributed by atoms with van der Waals surface area (Å²) in [6.07, 6.45) is 3.94. The minimum absolute atomic E-state index is 0.287. The van der Waals surface area contributed by atoms with Crippen LogP contribution in [0, 0.1) is 5.92 Å². The van der Waals surface area contributed by atoms with Crippen LogP contribution in [0.25, 0.3) is 0 Å². The van der Waals surface area contributed by atoms with E-state index in [4.69, 9.17) is 16.3 Å². The van der Waals surface area contributed by atoms with Gasteiger partial charge in [-0.15, -0.1) is 0 Å². The molecule has 17 heavy (non-hydrogen) atoms. The summed E-state index contributed by atoms with van der Waals surface area (Å²) in [5.41, 5.74) is 1.07.